The summed E-state index contributed by atoms with van der Waals surface area (Å²) in [5.74, 6) is 0.586. The predicted molar refractivity (Wildman–Crippen MR) is 125 cm³/mol. The summed E-state index contributed by atoms with van der Waals surface area (Å²) in [6.45, 7) is 7.44. The Bertz CT molecular complexity index is 1170. The van der Waals surface area contributed by atoms with Gasteiger partial charge in [-0.3, -0.25) is 5.10 Å². The summed E-state index contributed by atoms with van der Waals surface area (Å²) in [6.07, 6.45) is 1.74. The van der Waals surface area contributed by atoms with Gasteiger partial charge >= 0.3 is 0 Å². The number of aromatic nitrogens is 4. The van der Waals surface area contributed by atoms with Gasteiger partial charge in [0.05, 0.1) is 22.4 Å². The number of nitrogens with zero attached hydrogens (tertiary/aromatic N) is 4. The molecule has 8 heteroatoms. The van der Waals surface area contributed by atoms with Crippen LogP contribution in [0.3, 0.4) is 0 Å². The summed E-state index contributed by atoms with van der Waals surface area (Å²) < 4.78 is 5.93. The number of halogens is 1. The maximum absolute atomic E-state index is 6.49. The van der Waals surface area contributed by atoms with E-state index >= 15 is 0 Å². The smallest absolute Gasteiger partial charge is 0.257 e. The van der Waals surface area contributed by atoms with Crippen molar-refractivity contribution >= 4 is 28.3 Å². The number of likely N-dealkylation sites (N-methyl/N-ethyl adjacent to an activating group) is 1. The number of benzene rings is 2. The van der Waals surface area contributed by atoms with E-state index in [1.165, 1.54) is 0 Å². The summed E-state index contributed by atoms with van der Waals surface area (Å²) in [6, 6.07) is 13.7. The third kappa shape index (κ3) is 4.47. The number of nitrogen functional groups attached to an aromatic ring is 1. The van der Waals surface area contributed by atoms with Gasteiger partial charge in [-0.05, 0) is 25.2 Å². The van der Waals surface area contributed by atoms with Gasteiger partial charge in [-0.25, -0.2) is 9.97 Å². The first-order valence-corrected chi connectivity index (χ1v) is 10.7. The highest BCUT2D eigenvalue weighted by Crippen LogP contribution is 2.36. The van der Waals surface area contributed by atoms with Gasteiger partial charge in [0.25, 0.3) is 5.88 Å². The van der Waals surface area contributed by atoms with E-state index in [-0.39, 0.29) is 5.82 Å². The van der Waals surface area contributed by atoms with Gasteiger partial charge < -0.3 is 15.4 Å². The Balaban J connectivity index is 1.78. The van der Waals surface area contributed by atoms with Crippen LogP contribution in [0.2, 0.25) is 5.02 Å². The molecule has 0 fully saturated rings. The Morgan fingerprint density at radius 1 is 1.03 bits per heavy atom. The quantitative estimate of drug-likeness (QED) is 0.418. The van der Waals surface area contributed by atoms with Crippen LogP contribution in [0.15, 0.2) is 48.7 Å². The van der Waals surface area contributed by atoms with Crippen molar-refractivity contribution in [2.45, 2.75) is 13.8 Å². The molecule has 2 aromatic carbocycles. The Kier molecular flexibility index (Phi) is 6.34. The number of nitrogens with one attached hydrogen (secondary N) is 1. The van der Waals surface area contributed by atoms with Crippen molar-refractivity contribution in [1.82, 2.24) is 25.1 Å². The van der Waals surface area contributed by atoms with E-state index in [1.54, 1.807) is 6.20 Å². The SMILES string of the molecule is CCN(CC)CCOc1nc(-c2cc(Cl)c3[nH]ncc3c2)c(-c2ccccc2)nc1N. The maximum atomic E-state index is 6.49. The monoisotopic (exact) mass is 436 g/mol. The molecule has 160 valence electrons. The molecule has 3 N–H and O–H groups in total. The molecule has 7 nitrogen and oxygen atoms in total. The highest BCUT2D eigenvalue weighted by molar-refractivity contribution is 6.35. The molecule has 2 heterocycles. The lowest BCUT2D eigenvalue weighted by molar-refractivity contribution is 0.218. The summed E-state index contributed by atoms with van der Waals surface area (Å²) in [5.41, 5.74) is 10.1. The Hall–Kier alpha value is -3.16. The summed E-state index contributed by atoms with van der Waals surface area (Å²) in [7, 11) is 0. The van der Waals surface area contributed by atoms with E-state index in [1.807, 2.05) is 42.5 Å². The topological polar surface area (TPSA) is 93.0 Å². The van der Waals surface area contributed by atoms with Gasteiger partial charge in [0, 0.05) is 23.1 Å². The predicted octanol–water partition coefficient (Wildman–Crippen LogP) is 4.64. The lowest BCUT2D eigenvalue weighted by Crippen LogP contribution is -2.28. The van der Waals surface area contributed by atoms with Crippen molar-refractivity contribution in [3.8, 4) is 28.4 Å². The molecule has 0 atom stereocenters. The fourth-order valence-electron chi connectivity index (χ4n) is 3.50. The van der Waals surface area contributed by atoms with Gasteiger partial charge in [0.1, 0.15) is 12.3 Å². The zero-order chi connectivity index (χ0) is 21.8. The lowest BCUT2D eigenvalue weighted by atomic mass is 10.0. The van der Waals surface area contributed by atoms with Crippen molar-refractivity contribution in [3.05, 3.63) is 53.7 Å². The zero-order valence-corrected chi connectivity index (χ0v) is 18.4. The number of H-pyrrole nitrogens is 1. The summed E-state index contributed by atoms with van der Waals surface area (Å²) in [5, 5.41) is 8.46. The van der Waals surface area contributed by atoms with Crippen LogP contribution in [-0.2, 0) is 0 Å². The molecule has 4 rings (SSSR count). The van der Waals surface area contributed by atoms with Crippen molar-refractivity contribution in [3.63, 3.8) is 0 Å². The van der Waals surface area contributed by atoms with Crippen LogP contribution < -0.4 is 10.5 Å². The first kappa shape index (κ1) is 21.1. The van der Waals surface area contributed by atoms with Crippen molar-refractivity contribution in [2.24, 2.45) is 0 Å². The standard InChI is InChI=1S/C23H25ClN6O/c1-3-30(4-2)10-11-31-23-22(25)27-20(15-8-6-5-7-9-15)21(28-23)16-12-17-14-26-29-19(17)18(24)13-16/h5-9,12-14H,3-4,10-11H2,1-2H3,(H2,25,27)(H,26,29). The first-order chi connectivity index (χ1) is 15.1. The van der Waals surface area contributed by atoms with Crippen molar-refractivity contribution in [2.75, 3.05) is 32.0 Å². The van der Waals surface area contributed by atoms with E-state index in [4.69, 9.17) is 27.1 Å². The van der Waals surface area contributed by atoms with Crippen LogP contribution in [0.25, 0.3) is 33.4 Å². The number of fused-ring (bicyclic) bond motifs is 1. The molecule has 4 aromatic rings. The molecule has 0 saturated heterocycles. The van der Waals surface area contributed by atoms with Crippen molar-refractivity contribution in [1.29, 1.82) is 0 Å². The van der Waals surface area contributed by atoms with E-state index in [0.717, 1.165) is 41.7 Å². The molecule has 0 aliphatic heterocycles. The third-order valence-electron chi connectivity index (χ3n) is 5.25. The number of aromatic amines is 1. The molecular weight excluding hydrogens is 412 g/mol. The van der Waals surface area contributed by atoms with Gasteiger partial charge in [-0.2, -0.15) is 5.10 Å². The van der Waals surface area contributed by atoms with Gasteiger partial charge in [-0.15, -0.1) is 0 Å². The molecule has 0 unspecified atom stereocenters. The van der Waals surface area contributed by atoms with Crippen LogP contribution in [-0.4, -0.2) is 51.3 Å². The molecule has 0 spiro atoms. The van der Waals surface area contributed by atoms with Crippen molar-refractivity contribution < 1.29 is 4.74 Å². The minimum Gasteiger partial charge on any atom is -0.474 e. The minimum absolute atomic E-state index is 0.262. The third-order valence-corrected chi connectivity index (χ3v) is 5.55. The number of rotatable bonds is 8. The number of hydrogen-bond acceptors (Lipinski definition) is 6. The number of hydrogen-bond donors (Lipinski definition) is 2. The largest absolute Gasteiger partial charge is 0.474 e. The highest BCUT2D eigenvalue weighted by atomic mass is 35.5. The van der Waals surface area contributed by atoms with Crippen LogP contribution in [0, 0.1) is 0 Å². The fourth-order valence-corrected chi connectivity index (χ4v) is 3.77. The Morgan fingerprint density at radius 2 is 1.77 bits per heavy atom. The van der Waals surface area contributed by atoms with E-state index in [2.05, 4.69) is 33.9 Å². The summed E-state index contributed by atoms with van der Waals surface area (Å²) in [4.78, 5) is 11.7. The normalized spacial score (nSPS) is 11.4. The first-order valence-electron chi connectivity index (χ1n) is 10.3. The Labute approximate surface area is 186 Å². The minimum atomic E-state index is 0.262. The zero-order valence-electron chi connectivity index (χ0n) is 17.6. The maximum Gasteiger partial charge on any atom is 0.257 e. The Morgan fingerprint density at radius 3 is 2.52 bits per heavy atom. The average molecular weight is 437 g/mol. The number of nitrogens with two attached hydrogens (primary N) is 1. The second kappa shape index (κ2) is 9.32. The fraction of sp³-hybridized carbons (Fsp3) is 0.261. The van der Waals surface area contributed by atoms with Crippen LogP contribution in [0.4, 0.5) is 5.82 Å². The van der Waals surface area contributed by atoms with Gasteiger partial charge in [0.15, 0.2) is 5.82 Å². The average Bonchev–Trinajstić information content (AvgIpc) is 3.27. The molecule has 31 heavy (non-hydrogen) atoms. The lowest BCUT2D eigenvalue weighted by Gasteiger charge is -2.19. The molecule has 0 aliphatic carbocycles. The molecular formula is C23H25ClN6O. The van der Waals surface area contributed by atoms with Crippen LogP contribution in [0.1, 0.15) is 13.8 Å². The van der Waals surface area contributed by atoms with E-state index < -0.39 is 0 Å². The van der Waals surface area contributed by atoms with E-state index in [9.17, 15) is 0 Å². The molecule has 2 aromatic heterocycles. The van der Waals surface area contributed by atoms with Gasteiger partial charge in [0.2, 0.25) is 0 Å². The van der Waals surface area contributed by atoms with Crippen LogP contribution in [0.5, 0.6) is 5.88 Å². The molecule has 0 bridgehead atoms. The number of ether oxygens (including phenoxy) is 1. The second-order valence-corrected chi connectivity index (χ2v) is 7.55. The molecule has 0 saturated carbocycles. The van der Waals surface area contributed by atoms with E-state index in [0.29, 0.717) is 28.9 Å². The molecule has 0 radical (unpaired) electrons. The highest BCUT2D eigenvalue weighted by Gasteiger charge is 2.18. The molecule has 0 aliphatic rings. The second-order valence-electron chi connectivity index (χ2n) is 7.14. The van der Waals surface area contributed by atoms with Gasteiger partial charge in [-0.1, -0.05) is 55.8 Å². The van der Waals surface area contributed by atoms with Crippen LogP contribution >= 0.6 is 11.6 Å². The summed E-state index contributed by atoms with van der Waals surface area (Å²) >= 11 is 6.49. The molecule has 0 amide bonds. The number of anilines is 1.